The highest BCUT2D eigenvalue weighted by Gasteiger charge is 2.27. The second kappa shape index (κ2) is 11.3. The summed E-state index contributed by atoms with van der Waals surface area (Å²) in [6.45, 7) is 2.39. The van der Waals surface area contributed by atoms with Crippen LogP contribution in [0, 0.1) is 5.92 Å². The molecule has 0 saturated carbocycles. The van der Waals surface area contributed by atoms with E-state index in [2.05, 4.69) is 28.8 Å². The van der Waals surface area contributed by atoms with Crippen LogP contribution in [0.2, 0.25) is 0 Å². The predicted octanol–water partition coefficient (Wildman–Crippen LogP) is 4.48. The van der Waals surface area contributed by atoms with Crippen LogP contribution in [-0.4, -0.2) is 43.1 Å². The van der Waals surface area contributed by atoms with Crippen LogP contribution in [-0.2, 0) is 11.2 Å². The molecule has 2 heterocycles. The average Bonchev–Trinajstić information content (AvgIpc) is 3.62. The van der Waals surface area contributed by atoms with E-state index < -0.39 is 6.04 Å². The number of nitrogens with zero attached hydrogens (tertiary/aromatic N) is 1. The van der Waals surface area contributed by atoms with Gasteiger partial charge in [-0.3, -0.25) is 14.6 Å². The summed E-state index contributed by atoms with van der Waals surface area (Å²) < 4.78 is 0. The Morgan fingerprint density at radius 3 is 2.42 bits per heavy atom. The fraction of sp³-hybridized carbons (Fsp3) is 0.258. The van der Waals surface area contributed by atoms with Crippen molar-refractivity contribution in [1.82, 2.24) is 10.6 Å². The van der Waals surface area contributed by atoms with E-state index in [9.17, 15) is 9.59 Å². The number of ketones is 1. The molecule has 2 aliphatic heterocycles. The first-order chi connectivity index (χ1) is 17.7. The molecule has 2 aliphatic rings. The summed E-state index contributed by atoms with van der Waals surface area (Å²) in [6, 6.07) is 27.0. The van der Waals surface area contributed by atoms with Crippen LogP contribution in [0.15, 0.2) is 96.0 Å². The van der Waals surface area contributed by atoms with Crippen molar-refractivity contribution in [3.8, 4) is 0 Å². The van der Waals surface area contributed by atoms with Crippen molar-refractivity contribution < 1.29 is 9.59 Å². The largest absolute Gasteiger partial charge is 0.342 e. The third kappa shape index (κ3) is 5.69. The lowest BCUT2D eigenvalue weighted by Gasteiger charge is -2.20. The van der Waals surface area contributed by atoms with Gasteiger partial charge < -0.3 is 10.6 Å². The number of amides is 1. The highest BCUT2D eigenvalue weighted by Crippen LogP contribution is 2.23. The zero-order valence-corrected chi connectivity index (χ0v) is 20.3. The number of aliphatic imine (C=N–C) groups is 1. The number of hydrogen-bond donors (Lipinski definition) is 2. The number of hydrogen-bond acceptors (Lipinski definition) is 4. The quantitative estimate of drug-likeness (QED) is 0.477. The van der Waals surface area contributed by atoms with E-state index in [1.165, 1.54) is 0 Å². The van der Waals surface area contributed by atoms with Crippen molar-refractivity contribution >= 4 is 23.0 Å². The monoisotopic (exact) mass is 477 g/mol. The van der Waals surface area contributed by atoms with E-state index in [0.29, 0.717) is 30.9 Å². The average molecular weight is 478 g/mol. The van der Waals surface area contributed by atoms with Crippen molar-refractivity contribution in [3.05, 3.63) is 113 Å². The smallest absolute Gasteiger partial charge is 0.252 e. The van der Waals surface area contributed by atoms with E-state index >= 15 is 0 Å². The molecule has 1 unspecified atom stereocenters. The molecule has 0 aliphatic carbocycles. The standard InChI is InChI=1S/C31H31N3O2/c35-30(18-23-15-16-32-20-23)29(17-22-9-3-1-4-10-22)34-31(36)27-14-8-7-13-26(27)28-19-25(21-33-28)24-11-5-2-6-12-24/h1-14,19,23,29,32H,15-18,20-21H2,(H,34,36)/t23?,29-/m0/s1. The summed E-state index contributed by atoms with van der Waals surface area (Å²) in [6.07, 6.45) is 4.01. The summed E-state index contributed by atoms with van der Waals surface area (Å²) in [5, 5.41) is 6.41. The lowest BCUT2D eigenvalue weighted by molar-refractivity contribution is -0.121. The van der Waals surface area contributed by atoms with Crippen LogP contribution in [0.5, 0.6) is 0 Å². The Labute approximate surface area is 212 Å². The number of carbonyl (C=O) groups is 2. The summed E-state index contributed by atoms with van der Waals surface area (Å²) in [4.78, 5) is 31.6. The highest BCUT2D eigenvalue weighted by atomic mass is 16.2. The number of allylic oxidation sites excluding steroid dienone is 1. The Kier molecular flexibility index (Phi) is 7.48. The van der Waals surface area contributed by atoms with Crippen molar-refractivity contribution in [2.45, 2.75) is 25.3 Å². The first-order valence-corrected chi connectivity index (χ1v) is 12.7. The molecule has 3 aromatic rings. The van der Waals surface area contributed by atoms with E-state index in [0.717, 1.165) is 47.5 Å². The predicted molar refractivity (Wildman–Crippen MR) is 144 cm³/mol. The number of nitrogens with one attached hydrogen (secondary N) is 2. The van der Waals surface area contributed by atoms with Gasteiger partial charge in [0.25, 0.3) is 5.91 Å². The first-order valence-electron chi connectivity index (χ1n) is 12.7. The molecule has 0 spiro atoms. The van der Waals surface area contributed by atoms with Crippen LogP contribution in [0.4, 0.5) is 0 Å². The minimum Gasteiger partial charge on any atom is -0.342 e. The number of benzene rings is 3. The van der Waals surface area contributed by atoms with Crippen molar-refractivity contribution in [2.24, 2.45) is 10.9 Å². The van der Waals surface area contributed by atoms with Gasteiger partial charge in [0.2, 0.25) is 0 Å². The molecule has 2 atom stereocenters. The molecule has 1 fully saturated rings. The van der Waals surface area contributed by atoms with Crippen molar-refractivity contribution in [2.75, 3.05) is 19.6 Å². The Morgan fingerprint density at radius 2 is 1.67 bits per heavy atom. The third-order valence-electron chi connectivity index (χ3n) is 6.95. The highest BCUT2D eigenvalue weighted by molar-refractivity contribution is 6.19. The van der Waals surface area contributed by atoms with Gasteiger partial charge in [-0.05, 0) is 60.7 Å². The van der Waals surface area contributed by atoms with Gasteiger partial charge in [0.1, 0.15) is 0 Å². The molecule has 0 aromatic heterocycles. The molecule has 5 nitrogen and oxygen atoms in total. The van der Waals surface area contributed by atoms with Crippen LogP contribution in [0.3, 0.4) is 0 Å². The lowest BCUT2D eigenvalue weighted by atomic mass is 9.93. The Morgan fingerprint density at radius 1 is 0.944 bits per heavy atom. The third-order valence-corrected chi connectivity index (χ3v) is 6.95. The zero-order valence-electron chi connectivity index (χ0n) is 20.3. The SMILES string of the molecule is O=C(N[C@@H](Cc1ccccc1)C(=O)CC1CCNC1)c1ccccc1C1=NCC(c2ccccc2)=C1. The van der Waals surface area contributed by atoms with Gasteiger partial charge in [-0.2, -0.15) is 0 Å². The second-order valence-corrected chi connectivity index (χ2v) is 9.53. The fourth-order valence-electron chi connectivity index (χ4n) is 4.97. The van der Waals surface area contributed by atoms with Gasteiger partial charge in [-0.15, -0.1) is 0 Å². The van der Waals surface area contributed by atoms with E-state index in [1.807, 2.05) is 72.8 Å². The van der Waals surface area contributed by atoms with Gasteiger partial charge >= 0.3 is 0 Å². The molecule has 1 amide bonds. The maximum Gasteiger partial charge on any atom is 0.252 e. The second-order valence-electron chi connectivity index (χ2n) is 9.53. The van der Waals surface area contributed by atoms with Crippen molar-refractivity contribution in [3.63, 3.8) is 0 Å². The van der Waals surface area contributed by atoms with Crippen LogP contribution in [0.1, 0.15) is 39.9 Å². The number of carbonyl (C=O) groups excluding carboxylic acids is 2. The fourth-order valence-corrected chi connectivity index (χ4v) is 4.97. The van der Waals surface area contributed by atoms with Crippen LogP contribution < -0.4 is 10.6 Å². The molecule has 3 aromatic carbocycles. The van der Waals surface area contributed by atoms with Crippen LogP contribution >= 0.6 is 0 Å². The molecule has 1 saturated heterocycles. The topological polar surface area (TPSA) is 70.6 Å². The lowest BCUT2D eigenvalue weighted by Crippen LogP contribution is -2.43. The maximum atomic E-state index is 13.6. The number of Topliss-reactive ketones (excluding diaryl/α,β-unsaturated/α-hetero) is 1. The minimum atomic E-state index is -0.575. The summed E-state index contributed by atoms with van der Waals surface area (Å²) in [5.74, 6) is 0.172. The van der Waals surface area contributed by atoms with Crippen LogP contribution in [0.25, 0.3) is 5.57 Å². The molecule has 0 radical (unpaired) electrons. The first kappa shape index (κ1) is 23.9. The summed E-state index contributed by atoms with van der Waals surface area (Å²) in [5.41, 5.74) is 5.41. The van der Waals surface area contributed by atoms with Gasteiger partial charge in [-0.25, -0.2) is 0 Å². The Balaban J connectivity index is 1.37. The zero-order chi connectivity index (χ0) is 24.7. The maximum absolute atomic E-state index is 13.6. The molecule has 182 valence electrons. The van der Waals surface area contributed by atoms with Crippen molar-refractivity contribution in [1.29, 1.82) is 0 Å². The minimum absolute atomic E-state index is 0.0860. The Hall–Kier alpha value is -3.83. The Bertz CT molecular complexity index is 1280. The van der Waals surface area contributed by atoms with E-state index in [4.69, 9.17) is 4.99 Å². The van der Waals surface area contributed by atoms with E-state index in [-0.39, 0.29) is 11.7 Å². The number of rotatable bonds is 9. The molecule has 36 heavy (non-hydrogen) atoms. The summed E-state index contributed by atoms with van der Waals surface area (Å²) in [7, 11) is 0. The molecule has 5 heteroatoms. The molecule has 2 N–H and O–H groups in total. The van der Waals surface area contributed by atoms with Gasteiger partial charge in [0, 0.05) is 17.5 Å². The summed E-state index contributed by atoms with van der Waals surface area (Å²) >= 11 is 0. The van der Waals surface area contributed by atoms with Gasteiger partial charge in [0.15, 0.2) is 5.78 Å². The molecule has 0 bridgehead atoms. The van der Waals surface area contributed by atoms with Gasteiger partial charge in [-0.1, -0.05) is 78.9 Å². The normalized spacial score (nSPS) is 17.8. The molecular weight excluding hydrogens is 446 g/mol. The molecule has 5 rings (SSSR count). The molecular formula is C31H31N3O2. The van der Waals surface area contributed by atoms with Gasteiger partial charge in [0.05, 0.1) is 18.3 Å². The van der Waals surface area contributed by atoms with E-state index in [1.54, 1.807) is 0 Å².